The number of carboxylic acids is 1. The van der Waals surface area contributed by atoms with Crippen molar-refractivity contribution in [1.82, 2.24) is 10.2 Å². The highest BCUT2D eigenvalue weighted by molar-refractivity contribution is 5.93. The van der Waals surface area contributed by atoms with Crippen molar-refractivity contribution in [3.63, 3.8) is 0 Å². The highest BCUT2D eigenvalue weighted by Crippen LogP contribution is 2.46. The topological polar surface area (TPSA) is 168 Å². The molecule has 2 saturated heterocycles. The molecule has 14 heteroatoms. The lowest BCUT2D eigenvalue weighted by Gasteiger charge is -2.48. The summed E-state index contributed by atoms with van der Waals surface area (Å²) in [6.45, 7) is 0.460. The summed E-state index contributed by atoms with van der Waals surface area (Å²) < 4.78 is 41.2. The first-order valence-electron chi connectivity index (χ1n) is 7.37. The van der Waals surface area contributed by atoms with Crippen LogP contribution in [0.3, 0.4) is 0 Å². The number of primary amides is 1. The molecule has 3 rings (SSSR count). The summed E-state index contributed by atoms with van der Waals surface area (Å²) in [6.07, 6.45) is -6.85. The van der Waals surface area contributed by atoms with Gasteiger partial charge in [-0.05, 0) is 13.0 Å². The average molecular weight is 397 g/mol. The van der Waals surface area contributed by atoms with E-state index in [1.54, 1.807) is 0 Å². The monoisotopic (exact) mass is 397 g/mol. The van der Waals surface area contributed by atoms with Gasteiger partial charge < -0.3 is 30.7 Å². The number of amides is 2. The van der Waals surface area contributed by atoms with Crippen LogP contribution in [0.15, 0.2) is 11.5 Å². The molecular weight excluding hydrogens is 383 g/mol. The lowest BCUT2D eigenvalue weighted by atomic mass is 9.79. The fourth-order valence-electron chi connectivity index (χ4n) is 3.14. The van der Waals surface area contributed by atoms with Gasteiger partial charge in [0, 0.05) is 11.5 Å². The van der Waals surface area contributed by atoms with Crippen molar-refractivity contribution in [2.24, 2.45) is 11.7 Å². The number of nitrogens with two attached hydrogens (primary N) is 1. The minimum absolute atomic E-state index is 0.0429. The molecule has 0 spiro atoms. The smallest absolute Gasteiger partial charge is 0.475 e. The van der Waals surface area contributed by atoms with Crippen molar-refractivity contribution in [2.75, 3.05) is 13.2 Å². The molecule has 5 N–H and O–H groups in total. The number of β-lactam (4-membered cyclic amide) rings is 1. The Morgan fingerprint density at radius 2 is 1.89 bits per heavy atom. The molecule has 0 aromatic rings. The summed E-state index contributed by atoms with van der Waals surface area (Å²) >= 11 is 0. The molecule has 1 unspecified atom stereocenters. The van der Waals surface area contributed by atoms with E-state index in [0.29, 0.717) is 18.5 Å². The molecule has 11 nitrogen and oxygen atoms in total. The van der Waals surface area contributed by atoms with E-state index in [9.17, 15) is 27.6 Å². The fraction of sp³-hybridized carbons (Fsp3) is 0.538. The zero-order valence-electron chi connectivity index (χ0n) is 13.4. The third-order valence-electron chi connectivity index (χ3n) is 4.11. The number of alkyl halides is 3. The molecule has 2 fully saturated rings. The van der Waals surface area contributed by atoms with Gasteiger partial charge >= 0.3 is 24.4 Å². The summed E-state index contributed by atoms with van der Waals surface area (Å²) in [5, 5.41) is 19.0. The van der Waals surface area contributed by atoms with Crippen molar-refractivity contribution >= 4 is 24.1 Å². The molecule has 0 saturated carbocycles. The van der Waals surface area contributed by atoms with Crippen molar-refractivity contribution < 1.29 is 52.0 Å². The third-order valence-corrected chi connectivity index (χ3v) is 4.11. The van der Waals surface area contributed by atoms with Crippen molar-refractivity contribution in [1.29, 1.82) is 0 Å². The van der Waals surface area contributed by atoms with Crippen LogP contribution in [0.1, 0.15) is 6.42 Å². The number of nitrogens with one attached hydrogen (secondary N) is 1. The largest absolute Gasteiger partial charge is 0.512 e. The minimum atomic E-state index is -5.08. The average Bonchev–Trinajstić information content (AvgIpc) is 2.83. The molecule has 0 aromatic heterocycles. The number of piperidine rings is 1. The van der Waals surface area contributed by atoms with Gasteiger partial charge in [0.1, 0.15) is 12.6 Å². The molecule has 0 bridgehead atoms. The number of hydrogen-bond acceptors (Lipinski definition) is 7. The normalized spacial score (nSPS) is 25.7. The Morgan fingerprint density at radius 3 is 2.37 bits per heavy atom. The zero-order chi connectivity index (χ0) is 20.5. The van der Waals surface area contributed by atoms with Crippen LogP contribution in [0, 0.1) is 5.92 Å². The van der Waals surface area contributed by atoms with Crippen LogP contribution in [-0.4, -0.2) is 70.6 Å². The highest BCUT2D eigenvalue weighted by Gasteiger charge is 2.61. The fourth-order valence-corrected chi connectivity index (χ4v) is 3.14. The summed E-state index contributed by atoms with van der Waals surface area (Å²) in [6, 6.07) is -0.496. The molecule has 2 amide bonds. The minimum Gasteiger partial charge on any atom is -0.475 e. The Morgan fingerprint density at radius 1 is 1.30 bits per heavy atom. The number of carbonyl (C=O) groups is 4. The molecular formula is C13H14F3N3O8. The second-order valence-electron chi connectivity index (χ2n) is 5.63. The predicted octanol–water partition coefficient (Wildman–Crippen LogP) is -0.176. The van der Waals surface area contributed by atoms with Gasteiger partial charge in [-0.25, -0.2) is 14.4 Å². The molecule has 0 aromatic carbocycles. The van der Waals surface area contributed by atoms with Crippen LogP contribution in [0.2, 0.25) is 0 Å². The highest BCUT2D eigenvalue weighted by atomic mass is 19.4. The van der Waals surface area contributed by atoms with E-state index in [1.807, 2.05) is 0 Å². The Bertz CT molecular complexity index is 707. The Labute approximate surface area is 148 Å². The van der Waals surface area contributed by atoms with Gasteiger partial charge in [-0.1, -0.05) is 0 Å². The van der Waals surface area contributed by atoms with E-state index >= 15 is 0 Å². The molecule has 150 valence electrons. The standard InChI is InChI=1S/C11H13N3O6.C2HF3O2/c12-10(16)19-3-5-4-1-2-13-6-7(4)14(8(6)15)9(5)20-11(17)18;3-2(4,5)1(6)7/h4,6-7,13H,1-3H2,(H2,12,16)(H,17,18);(H,6,7)/t4?,6-,7+;/m0./s1. The van der Waals surface area contributed by atoms with Gasteiger partial charge in [0.2, 0.25) is 11.8 Å². The maximum atomic E-state index is 12.0. The van der Waals surface area contributed by atoms with Gasteiger partial charge in [-0.2, -0.15) is 13.2 Å². The summed E-state index contributed by atoms with van der Waals surface area (Å²) in [5.74, 6) is -3.11. The second-order valence-corrected chi connectivity index (χ2v) is 5.63. The van der Waals surface area contributed by atoms with Crippen molar-refractivity contribution in [2.45, 2.75) is 24.7 Å². The molecule has 0 aliphatic carbocycles. The van der Waals surface area contributed by atoms with Gasteiger partial charge in [0.05, 0.1) is 6.04 Å². The summed E-state index contributed by atoms with van der Waals surface area (Å²) in [5.41, 5.74) is 5.42. The summed E-state index contributed by atoms with van der Waals surface area (Å²) in [7, 11) is 0. The molecule has 3 heterocycles. The predicted molar refractivity (Wildman–Crippen MR) is 75.9 cm³/mol. The number of nitrogens with zero attached hydrogens (tertiary/aromatic N) is 1. The Hall–Kier alpha value is -3.03. The number of rotatable bonds is 3. The number of hydrogen-bond donors (Lipinski definition) is 4. The van der Waals surface area contributed by atoms with E-state index in [4.69, 9.17) is 30.2 Å². The van der Waals surface area contributed by atoms with Crippen LogP contribution in [-0.2, 0) is 19.1 Å². The van der Waals surface area contributed by atoms with E-state index in [2.05, 4.69) is 5.32 Å². The number of ether oxygens (including phenoxy) is 2. The molecule has 3 aliphatic heterocycles. The number of halogens is 3. The van der Waals surface area contributed by atoms with E-state index in [1.165, 1.54) is 4.90 Å². The van der Waals surface area contributed by atoms with Crippen molar-refractivity contribution in [3.8, 4) is 0 Å². The molecule has 0 radical (unpaired) electrons. The van der Waals surface area contributed by atoms with Gasteiger partial charge in [0.25, 0.3) is 0 Å². The maximum absolute atomic E-state index is 12.0. The number of carboxylic acid groups (broad SMARTS) is 2. The maximum Gasteiger partial charge on any atom is 0.512 e. The first-order valence-corrected chi connectivity index (χ1v) is 7.37. The van der Waals surface area contributed by atoms with Gasteiger partial charge in [0.15, 0.2) is 0 Å². The molecule has 27 heavy (non-hydrogen) atoms. The van der Waals surface area contributed by atoms with E-state index < -0.39 is 24.4 Å². The third kappa shape index (κ3) is 4.05. The first-order chi connectivity index (χ1) is 12.4. The lowest BCUT2D eigenvalue weighted by Crippen LogP contribution is -2.71. The Balaban J connectivity index is 0.000000321. The van der Waals surface area contributed by atoms with Crippen LogP contribution in [0.25, 0.3) is 0 Å². The summed E-state index contributed by atoms with van der Waals surface area (Å²) in [4.78, 5) is 43.7. The Kier molecular flexibility index (Phi) is 5.48. The second kappa shape index (κ2) is 7.30. The first kappa shape index (κ1) is 20.3. The van der Waals surface area contributed by atoms with E-state index in [0.717, 1.165) is 0 Å². The van der Waals surface area contributed by atoms with E-state index in [-0.39, 0.29) is 36.4 Å². The van der Waals surface area contributed by atoms with Crippen LogP contribution < -0.4 is 11.1 Å². The van der Waals surface area contributed by atoms with Crippen LogP contribution in [0.4, 0.5) is 22.8 Å². The van der Waals surface area contributed by atoms with Gasteiger partial charge in [-0.3, -0.25) is 9.69 Å². The number of carbonyl (C=O) groups excluding carboxylic acids is 2. The molecule has 3 aliphatic rings. The van der Waals surface area contributed by atoms with Gasteiger partial charge in [-0.15, -0.1) is 0 Å². The van der Waals surface area contributed by atoms with Crippen molar-refractivity contribution in [3.05, 3.63) is 11.5 Å². The molecule has 3 atom stereocenters. The van der Waals surface area contributed by atoms with Crippen LogP contribution in [0.5, 0.6) is 0 Å². The van der Waals surface area contributed by atoms with Crippen LogP contribution >= 0.6 is 0 Å². The SMILES string of the molecule is NC(=O)OCC1=C(OC(=O)O)N2C(=O)[C@H]3NCCC1[C@H]32.O=C(O)C(F)(F)F. The lowest BCUT2D eigenvalue weighted by molar-refractivity contribution is -0.192. The number of aliphatic carboxylic acids is 1. The zero-order valence-corrected chi connectivity index (χ0v) is 13.4. The quantitative estimate of drug-likeness (QED) is 0.373.